The lowest BCUT2D eigenvalue weighted by atomic mass is 9.85. The molecule has 1 unspecified atom stereocenters. The fraction of sp³-hybridized carbons (Fsp3) is 1.00. The second kappa shape index (κ2) is 3.58. The number of epoxide rings is 1. The van der Waals surface area contributed by atoms with E-state index in [1.807, 2.05) is 0 Å². The van der Waals surface area contributed by atoms with Crippen molar-refractivity contribution < 1.29 is 4.74 Å². The Balaban J connectivity index is 1.79. The van der Waals surface area contributed by atoms with E-state index in [-0.39, 0.29) is 0 Å². The largest absolute Gasteiger partial charge is 0.372 e. The van der Waals surface area contributed by atoms with Crippen molar-refractivity contribution in [1.29, 1.82) is 0 Å². The molecule has 0 aromatic heterocycles. The van der Waals surface area contributed by atoms with E-state index in [1.165, 1.54) is 38.9 Å². The van der Waals surface area contributed by atoms with Crippen LogP contribution in [0.5, 0.6) is 0 Å². The molecule has 2 aliphatic heterocycles. The van der Waals surface area contributed by atoms with Gasteiger partial charge in [-0.2, -0.15) is 0 Å². The molecule has 0 aromatic carbocycles. The molecule has 0 saturated carbocycles. The van der Waals surface area contributed by atoms with Crippen molar-refractivity contribution in [2.75, 3.05) is 26.2 Å². The Hall–Kier alpha value is -0.0800. The first-order chi connectivity index (χ1) is 6.16. The Morgan fingerprint density at radius 1 is 1.31 bits per heavy atom. The molecule has 76 valence electrons. The van der Waals surface area contributed by atoms with Gasteiger partial charge in [0.15, 0.2) is 0 Å². The van der Waals surface area contributed by atoms with Gasteiger partial charge in [0, 0.05) is 6.54 Å². The summed E-state index contributed by atoms with van der Waals surface area (Å²) >= 11 is 0. The summed E-state index contributed by atoms with van der Waals surface area (Å²) in [6, 6.07) is 0. The number of likely N-dealkylation sites (tertiary alicyclic amines) is 1. The molecule has 2 heteroatoms. The van der Waals surface area contributed by atoms with Crippen molar-refractivity contribution in [3.8, 4) is 0 Å². The molecular formula is C11H21NO. The van der Waals surface area contributed by atoms with Gasteiger partial charge in [0.25, 0.3) is 0 Å². The maximum atomic E-state index is 5.26. The topological polar surface area (TPSA) is 15.8 Å². The van der Waals surface area contributed by atoms with Gasteiger partial charge in [0.05, 0.1) is 12.7 Å². The zero-order valence-corrected chi connectivity index (χ0v) is 8.88. The fourth-order valence-corrected chi connectivity index (χ4v) is 2.12. The Morgan fingerprint density at radius 2 is 2.08 bits per heavy atom. The molecule has 0 spiro atoms. The smallest absolute Gasteiger partial charge is 0.0936 e. The highest BCUT2D eigenvalue weighted by atomic mass is 16.6. The minimum atomic E-state index is 0.569. The fourth-order valence-electron chi connectivity index (χ4n) is 2.12. The van der Waals surface area contributed by atoms with E-state index >= 15 is 0 Å². The molecule has 2 nitrogen and oxygen atoms in total. The van der Waals surface area contributed by atoms with Crippen LogP contribution >= 0.6 is 0 Å². The van der Waals surface area contributed by atoms with Crippen molar-refractivity contribution in [2.24, 2.45) is 5.41 Å². The number of nitrogens with zero attached hydrogens (tertiary/aromatic N) is 1. The van der Waals surface area contributed by atoms with Crippen LogP contribution in [0.25, 0.3) is 0 Å². The molecule has 0 N–H and O–H groups in total. The van der Waals surface area contributed by atoms with E-state index in [0.717, 1.165) is 6.61 Å². The zero-order chi connectivity index (χ0) is 9.31. The predicted molar refractivity (Wildman–Crippen MR) is 53.8 cm³/mol. The quantitative estimate of drug-likeness (QED) is 0.608. The molecule has 2 saturated heterocycles. The van der Waals surface area contributed by atoms with Gasteiger partial charge in [-0.25, -0.2) is 0 Å². The molecule has 2 heterocycles. The highest BCUT2D eigenvalue weighted by Crippen LogP contribution is 2.30. The van der Waals surface area contributed by atoms with Gasteiger partial charge in [-0.3, -0.25) is 0 Å². The molecule has 0 bridgehead atoms. The van der Waals surface area contributed by atoms with Crippen molar-refractivity contribution in [3.05, 3.63) is 0 Å². The van der Waals surface area contributed by atoms with Gasteiger partial charge in [0.2, 0.25) is 0 Å². The van der Waals surface area contributed by atoms with Crippen molar-refractivity contribution in [1.82, 2.24) is 4.90 Å². The van der Waals surface area contributed by atoms with E-state index in [4.69, 9.17) is 4.74 Å². The lowest BCUT2D eigenvalue weighted by molar-refractivity contribution is 0.237. The Morgan fingerprint density at radius 3 is 2.77 bits per heavy atom. The molecule has 13 heavy (non-hydrogen) atoms. The first kappa shape index (κ1) is 9.47. The third kappa shape index (κ3) is 2.96. The third-order valence-electron chi connectivity index (χ3n) is 3.30. The van der Waals surface area contributed by atoms with Crippen LogP contribution in [0.3, 0.4) is 0 Å². The number of hydrogen-bond acceptors (Lipinski definition) is 2. The molecule has 0 amide bonds. The summed E-state index contributed by atoms with van der Waals surface area (Å²) in [6.07, 6.45) is 4.66. The SMILES string of the molecule is CC1(C)CCCN(CC2CO2)CC1. The Labute approximate surface area is 81.3 Å². The minimum absolute atomic E-state index is 0.569. The molecule has 2 rings (SSSR count). The summed E-state index contributed by atoms with van der Waals surface area (Å²) in [5.74, 6) is 0. The maximum absolute atomic E-state index is 5.26. The van der Waals surface area contributed by atoms with Crippen LogP contribution in [0, 0.1) is 5.41 Å². The summed E-state index contributed by atoms with van der Waals surface area (Å²) in [7, 11) is 0. The first-order valence-electron chi connectivity index (χ1n) is 5.50. The molecule has 0 aromatic rings. The minimum Gasteiger partial charge on any atom is -0.372 e. The van der Waals surface area contributed by atoms with Gasteiger partial charge in [-0.05, 0) is 37.8 Å². The van der Waals surface area contributed by atoms with Gasteiger partial charge in [-0.1, -0.05) is 13.8 Å². The molecule has 0 radical (unpaired) electrons. The van der Waals surface area contributed by atoms with E-state index in [2.05, 4.69) is 18.7 Å². The van der Waals surface area contributed by atoms with Crippen LogP contribution in [0.15, 0.2) is 0 Å². The lowest BCUT2D eigenvalue weighted by Gasteiger charge is -2.22. The van der Waals surface area contributed by atoms with Crippen LogP contribution < -0.4 is 0 Å². The highest BCUT2D eigenvalue weighted by Gasteiger charge is 2.28. The second-order valence-electron chi connectivity index (χ2n) is 5.27. The van der Waals surface area contributed by atoms with E-state index in [0.29, 0.717) is 11.5 Å². The Kier molecular flexibility index (Phi) is 2.61. The highest BCUT2D eigenvalue weighted by molar-refractivity contribution is 4.80. The van der Waals surface area contributed by atoms with Crippen LogP contribution in [-0.4, -0.2) is 37.2 Å². The third-order valence-corrected chi connectivity index (χ3v) is 3.30. The van der Waals surface area contributed by atoms with Gasteiger partial charge in [0.1, 0.15) is 0 Å². The molecule has 1 atom stereocenters. The van der Waals surface area contributed by atoms with E-state index < -0.39 is 0 Å². The van der Waals surface area contributed by atoms with Crippen molar-refractivity contribution in [3.63, 3.8) is 0 Å². The van der Waals surface area contributed by atoms with Crippen LogP contribution in [0.2, 0.25) is 0 Å². The van der Waals surface area contributed by atoms with Gasteiger partial charge in [-0.15, -0.1) is 0 Å². The summed E-state index contributed by atoms with van der Waals surface area (Å²) in [6.45, 7) is 9.51. The summed E-state index contributed by atoms with van der Waals surface area (Å²) in [5, 5.41) is 0. The van der Waals surface area contributed by atoms with Crippen molar-refractivity contribution >= 4 is 0 Å². The standard InChI is InChI=1S/C11H21NO/c1-11(2)4-3-6-12(7-5-11)8-10-9-13-10/h10H,3-9H2,1-2H3. The molecule has 2 aliphatic rings. The summed E-state index contributed by atoms with van der Waals surface area (Å²) in [4.78, 5) is 2.58. The van der Waals surface area contributed by atoms with Crippen molar-refractivity contribution in [2.45, 2.75) is 39.2 Å². The number of rotatable bonds is 2. The van der Waals surface area contributed by atoms with Gasteiger partial charge < -0.3 is 9.64 Å². The molecule has 2 fully saturated rings. The second-order valence-corrected chi connectivity index (χ2v) is 5.27. The molecule has 0 aliphatic carbocycles. The summed E-state index contributed by atoms with van der Waals surface area (Å²) < 4.78 is 5.26. The first-order valence-corrected chi connectivity index (χ1v) is 5.50. The Bertz CT molecular complexity index is 175. The number of ether oxygens (including phenoxy) is 1. The molecular weight excluding hydrogens is 162 g/mol. The average Bonchev–Trinajstić information content (AvgIpc) is 2.83. The average molecular weight is 183 g/mol. The monoisotopic (exact) mass is 183 g/mol. The number of hydrogen-bond donors (Lipinski definition) is 0. The normalized spacial score (nSPS) is 34.2. The van der Waals surface area contributed by atoms with Gasteiger partial charge >= 0.3 is 0 Å². The van der Waals surface area contributed by atoms with Crippen LogP contribution in [-0.2, 0) is 4.74 Å². The van der Waals surface area contributed by atoms with Crippen LogP contribution in [0.4, 0.5) is 0 Å². The zero-order valence-electron chi connectivity index (χ0n) is 8.88. The summed E-state index contributed by atoms with van der Waals surface area (Å²) in [5.41, 5.74) is 0.569. The predicted octanol–water partition coefficient (Wildman–Crippen LogP) is 1.90. The van der Waals surface area contributed by atoms with E-state index in [1.54, 1.807) is 0 Å². The van der Waals surface area contributed by atoms with Crippen LogP contribution in [0.1, 0.15) is 33.1 Å². The van der Waals surface area contributed by atoms with E-state index in [9.17, 15) is 0 Å². The lowest BCUT2D eigenvalue weighted by Crippen LogP contribution is -2.29. The maximum Gasteiger partial charge on any atom is 0.0936 e.